The molecule has 156 valence electrons. The summed E-state index contributed by atoms with van der Waals surface area (Å²) in [7, 11) is 0. The molecule has 1 aromatic carbocycles. The van der Waals surface area contributed by atoms with Crippen molar-refractivity contribution in [2.45, 2.75) is 26.1 Å². The summed E-state index contributed by atoms with van der Waals surface area (Å²) in [4.78, 5) is 10.7. The van der Waals surface area contributed by atoms with Crippen molar-refractivity contribution in [2.75, 3.05) is 31.2 Å². The van der Waals surface area contributed by atoms with Crippen LogP contribution in [0.1, 0.15) is 29.8 Å². The average Bonchev–Trinajstić information content (AvgIpc) is 2.97. The lowest BCUT2D eigenvalue weighted by Crippen LogP contribution is -2.66. The molecule has 2 aliphatic heterocycles. The van der Waals surface area contributed by atoms with E-state index < -0.39 is 11.9 Å². The summed E-state index contributed by atoms with van der Waals surface area (Å²) in [6.45, 7) is 6.51. The molecule has 1 atom stereocenters. The van der Waals surface area contributed by atoms with Gasteiger partial charge in [0, 0.05) is 30.7 Å². The second-order valence-corrected chi connectivity index (χ2v) is 8.12. The molecule has 2 aromatic heterocycles. The van der Waals surface area contributed by atoms with Gasteiger partial charge in [-0.1, -0.05) is 6.07 Å². The Labute approximate surface area is 171 Å². The third-order valence-electron chi connectivity index (χ3n) is 5.59. The third-order valence-corrected chi connectivity index (χ3v) is 5.59. The number of halogens is 4. The molecule has 2 N–H and O–H groups in total. The van der Waals surface area contributed by atoms with Gasteiger partial charge in [0.05, 0.1) is 24.1 Å². The van der Waals surface area contributed by atoms with Gasteiger partial charge in [0.2, 0.25) is 5.95 Å². The molecule has 5 rings (SSSR count). The van der Waals surface area contributed by atoms with Gasteiger partial charge in [-0.25, -0.2) is 9.97 Å². The van der Waals surface area contributed by atoms with Crippen LogP contribution in [0.4, 0.5) is 19.1 Å². The topological polar surface area (TPSA) is 68.7 Å². The van der Waals surface area contributed by atoms with E-state index in [1.807, 2.05) is 30.9 Å². The number of aromatic nitrogens is 3. The van der Waals surface area contributed by atoms with Crippen molar-refractivity contribution in [2.24, 2.45) is 11.1 Å². The smallest absolute Gasteiger partial charge is 0.380 e. The first-order chi connectivity index (χ1) is 13.2. The third kappa shape index (κ3) is 3.03. The minimum atomic E-state index is -4.53. The van der Waals surface area contributed by atoms with Crippen LogP contribution in [-0.2, 0) is 10.9 Å². The van der Waals surface area contributed by atoms with Crippen molar-refractivity contribution in [3.05, 3.63) is 35.2 Å². The fourth-order valence-corrected chi connectivity index (χ4v) is 4.16. The lowest BCUT2D eigenvalue weighted by Gasteiger charge is -2.55. The Kier molecular flexibility index (Phi) is 4.49. The summed E-state index contributed by atoms with van der Waals surface area (Å²) in [5.74, 6) is 0.466. The molecule has 6 nitrogen and oxygen atoms in total. The minimum absolute atomic E-state index is 0. The zero-order valence-electron chi connectivity index (χ0n) is 16.0. The normalized spacial score (nSPS) is 19.2. The highest BCUT2D eigenvalue weighted by Gasteiger charge is 2.50. The molecule has 0 radical (unpaired) electrons. The second kappa shape index (κ2) is 6.45. The van der Waals surface area contributed by atoms with Gasteiger partial charge in [0.1, 0.15) is 5.65 Å². The number of imidazole rings is 1. The molecular formula is C19H21ClF3N5O. The van der Waals surface area contributed by atoms with Crippen LogP contribution in [0.5, 0.6) is 0 Å². The fraction of sp³-hybridized carbons (Fsp3) is 0.474. The number of anilines is 1. The maximum Gasteiger partial charge on any atom is 0.434 e. The first-order valence-corrected chi connectivity index (χ1v) is 9.16. The Balaban J connectivity index is 0.00000205. The van der Waals surface area contributed by atoms with Crippen LogP contribution >= 0.6 is 12.4 Å². The summed E-state index contributed by atoms with van der Waals surface area (Å²) in [5, 5.41) is 0.578. The van der Waals surface area contributed by atoms with Gasteiger partial charge in [0.25, 0.3) is 0 Å². The molecular weight excluding hydrogens is 407 g/mol. The largest absolute Gasteiger partial charge is 0.434 e. The van der Waals surface area contributed by atoms with E-state index in [1.165, 1.54) is 4.40 Å². The van der Waals surface area contributed by atoms with Crippen LogP contribution in [0.3, 0.4) is 0 Å². The molecule has 2 fully saturated rings. The lowest BCUT2D eigenvalue weighted by molar-refractivity contribution is -0.140. The quantitative estimate of drug-likeness (QED) is 0.678. The van der Waals surface area contributed by atoms with Crippen molar-refractivity contribution >= 4 is 34.9 Å². The van der Waals surface area contributed by atoms with Crippen molar-refractivity contribution < 1.29 is 17.9 Å². The lowest BCUT2D eigenvalue weighted by atomic mass is 9.78. The molecule has 0 aliphatic carbocycles. The number of benzene rings is 1. The molecule has 2 saturated heterocycles. The molecule has 29 heavy (non-hydrogen) atoms. The molecule has 1 unspecified atom stereocenters. The van der Waals surface area contributed by atoms with Gasteiger partial charge in [-0.15, -0.1) is 12.4 Å². The van der Waals surface area contributed by atoms with Gasteiger partial charge in [-0.05, 0) is 31.0 Å². The zero-order valence-corrected chi connectivity index (χ0v) is 16.8. The summed E-state index contributed by atoms with van der Waals surface area (Å²) >= 11 is 0. The predicted octanol–water partition coefficient (Wildman–Crippen LogP) is 3.49. The average molecular weight is 428 g/mol. The van der Waals surface area contributed by atoms with Gasteiger partial charge in [-0.3, -0.25) is 4.40 Å². The van der Waals surface area contributed by atoms with Gasteiger partial charge in [-0.2, -0.15) is 13.2 Å². The summed E-state index contributed by atoms with van der Waals surface area (Å²) < 4.78 is 46.9. The number of hydrogen-bond acceptors (Lipinski definition) is 5. The highest BCUT2D eigenvalue weighted by atomic mass is 35.5. The van der Waals surface area contributed by atoms with Gasteiger partial charge < -0.3 is 15.4 Å². The number of alkyl halides is 3. The van der Waals surface area contributed by atoms with Crippen LogP contribution in [0.25, 0.3) is 16.6 Å². The van der Waals surface area contributed by atoms with Gasteiger partial charge >= 0.3 is 6.18 Å². The van der Waals surface area contributed by atoms with Crippen LogP contribution in [-0.4, -0.2) is 40.7 Å². The van der Waals surface area contributed by atoms with E-state index in [9.17, 15) is 13.2 Å². The van der Waals surface area contributed by atoms with E-state index in [-0.39, 0.29) is 29.5 Å². The second-order valence-electron chi connectivity index (χ2n) is 8.12. The Morgan fingerprint density at radius 2 is 1.90 bits per heavy atom. The molecule has 0 saturated carbocycles. The number of nitrogens with two attached hydrogens (primary N) is 1. The fourth-order valence-electron chi connectivity index (χ4n) is 4.16. The van der Waals surface area contributed by atoms with Crippen LogP contribution in [0.2, 0.25) is 0 Å². The molecule has 1 spiro atoms. The standard InChI is InChI=1S/C19H20F3N5O.ClH/c1-10-3-12(11(2)23)15-13(4-10)16-24-14(19(20,21)22)5-27(16)17(25-15)26-6-18(7-26)8-28-9-18;/h3-5,11H,6-9,23H2,1-2H3;1H. The zero-order chi connectivity index (χ0) is 19.8. The predicted molar refractivity (Wildman–Crippen MR) is 106 cm³/mol. The Bertz CT molecular complexity index is 1100. The first kappa shape index (κ1) is 20.2. The molecule has 0 bridgehead atoms. The molecule has 4 heterocycles. The summed E-state index contributed by atoms with van der Waals surface area (Å²) in [5.41, 5.74) is 7.89. The molecule has 0 amide bonds. The molecule has 3 aromatic rings. The van der Waals surface area contributed by atoms with E-state index in [0.29, 0.717) is 43.2 Å². The highest BCUT2D eigenvalue weighted by Crippen LogP contribution is 2.41. The molecule has 2 aliphatic rings. The van der Waals surface area contributed by atoms with Crippen molar-refractivity contribution in [3.63, 3.8) is 0 Å². The monoisotopic (exact) mass is 427 g/mol. The van der Waals surface area contributed by atoms with E-state index in [0.717, 1.165) is 17.3 Å². The number of rotatable bonds is 2. The maximum atomic E-state index is 13.4. The SMILES string of the molecule is Cc1cc(C(C)N)c2nc(N3CC4(COC4)C3)n3cc(C(F)(F)F)nc3c2c1.Cl. The summed E-state index contributed by atoms with van der Waals surface area (Å²) in [6.07, 6.45) is -3.49. The van der Waals surface area contributed by atoms with Crippen molar-refractivity contribution in [3.8, 4) is 0 Å². The van der Waals surface area contributed by atoms with Crippen molar-refractivity contribution in [1.82, 2.24) is 14.4 Å². The van der Waals surface area contributed by atoms with E-state index in [2.05, 4.69) is 4.98 Å². The van der Waals surface area contributed by atoms with E-state index in [4.69, 9.17) is 15.5 Å². The number of nitrogens with zero attached hydrogens (tertiary/aromatic N) is 4. The van der Waals surface area contributed by atoms with Crippen LogP contribution in [0, 0.1) is 12.3 Å². The Hall–Kier alpha value is -2.10. The number of aryl methyl sites for hydroxylation is 1. The van der Waals surface area contributed by atoms with E-state index >= 15 is 0 Å². The van der Waals surface area contributed by atoms with Gasteiger partial charge in [0.15, 0.2) is 5.69 Å². The highest BCUT2D eigenvalue weighted by molar-refractivity contribution is 5.95. The number of hydrogen-bond donors (Lipinski definition) is 1. The Morgan fingerprint density at radius 1 is 1.21 bits per heavy atom. The Morgan fingerprint density at radius 3 is 2.45 bits per heavy atom. The molecule has 10 heteroatoms. The van der Waals surface area contributed by atoms with Crippen molar-refractivity contribution in [1.29, 1.82) is 0 Å². The van der Waals surface area contributed by atoms with E-state index in [1.54, 1.807) is 0 Å². The van der Waals surface area contributed by atoms with Crippen LogP contribution in [0.15, 0.2) is 18.3 Å². The minimum Gasteiger partial charge on any atom is -0.380 e. The summed E-state index contributed by atoms with van der Waals surface area (Å²) in [6, 6.07) is 3.45. The maximum absolute atomic E-state index is 13.4. The van der Waals surface area contributed by atoms with Crippen LogP contribution < -0.4 is 10.6 Å². The number of ether oxygens (including phenoxy) is 1. The number of fused-ring (bicyclic) bond motifs is 3. The first-order valence-electron chi connectivity index (χ1n) is 9.16.